The highest BCUT2D eigenvalue weighted by Gasteiger charge is 2.32. The number of pyridine rings is 1. The number of fused-ring (bicyclic) bond motifs is 2. The molecule has 2 heterocycles. The van der Waals surface area contributed by atoms with Gasteiger partial charge in [0.2, 0.25) is 5.91 Å². The van der Waals surface area contributed by atoms with Gasteiger partial charge >= 0.3 is 5.97 Å². The Labute approximate surface area is 197 Å². The third kappa shape index (κ3) is 3.99. The average Bonchev–Trinajstić information content (AvgIpc) is 2.83. The van der Waals surface area contributed by atoms with Crippen molar-refractivity contribution in [1.82, 2.24) is 4.98 Å². The van der Waals surface area contributed by atoms with Crippen molar-refractivity contribution in [2.75, 3.05) is 10.2 Å². The van der Waals surface area contributed by atoms with Crippen molar-refractivity contribution in [3.8, 4) is 11.1 Å². The van der Waals surface area contributed by atoms with E-state index in [1.807, 2.05) is 53.4 Å². The van der Waals surface area contributed by atoms with Crippen LogP contribution in [0.5, 0.6) is 0 Å². The number of amides is 1. The molecule has 1 aromatic heterocycles. The largest absolute Gasteiger partial charge is 0.478 e. The second-order valence-corrected chi connectivity index (χ2v) is 8.74. The number of hydrogen-bond acceptors (Lipinski definition) is 4. The van der Waals surface area contributed by atoms with E-state index in [1.54, 1.807) is 25.3 Å². The van der Waals surface area contributed by atoms with Crippen molar-refractivity contribution < 1.29 is 14.7 Å². The van der Waals surface area contributed by atoms with E-state index in [2.05, 4.69) is 29.4 Å². The second kappa shape index (κ2) is 8.63. The van der Waals surface area contributed by atoms with Gasteiger partial charge in [-0.1, -0.05) is 24.3 Å². The Balaban J connectivity index is 1.55. The second-order valence-electron chi connectivity index (χ2n) is 8.74. The number of carboxylic acids is 1. The lowest BCUT2D eigenvalue weighted by Crippen LogP contribution is -2.43. The molecule has 2 atom stereocenters. The van der Waals surface area contributed by atoms with Crippen molar-refractivity contribution in [3.63, 3.8) is 0 Å². The van der Waals surface area contributed by atoms with Crippen LogP contribution in [0.2, 0.25) is 0 Å². The third-order valence-electron chi connectivity index (χ3n) is 6.43. The molecule has 1 amide bonds. The van der Waals surface area contributed by atoms with Crippen LogP contribution in [0.1, 0.15) is 42.2 Å². The summed E-state index contributed by atoms with van der Waals surface area (Å²) in [5.74, 6) is -0.930. The van der Waals surface area contributed by atoms with Gasteiger partial charge in [-0.2, -0.15) is 0 Å². The van der Waals surface area contributed by atoms with Gasteiger partial charge in [-0.15, -0.1) is 0 Å². The first-order valence-electron chi connectivity index (χ1n) is 11.3. The molecular weight excluding hydrogens is 426 g/mol. The molecule has 1 aliphatic rings. The van der Waals surface area contributed by atoms with E-state index in [9.17, 15) is 14.7 Å². The van der Waals surface area contributed by atoms with Gasteiger partial charge in [0.1, 0.15) is 0 Å². The molecule has 5 rings (SSSR count). The number of nitrogens with zero attached hydrogens (tertiary/aromatic N) is 2. The zero-order valence-corrected chi connectivity index (χ0v) is 19.0. The van der Waals surface area contributed by atoms with Crippen LogP contribution in [0.25, 0.3) is 22.0 Å². The number of aromatic nitrogens is 1. The van der Waals surface area contributed by atoms with Gasteiger partial charge in [0.25, 0.3) is 0 Å². The summed E-state index contributed by atoms with van der Waals surface area (Å²) in [6, 6.07) is 23.1. The van der Waals surface area contributed by atoms with Crippen LogP contribution in [0.15, 0.2) is 79.0 Å². The number of carbonyl (C=O) groups is 2. The van der Waals surface area contributed by atoms with Crippen molar-refractivity contribution in [2.24, 2.45) is 0 Å². The Morgan fingerprint density at radius 1 is 1.00 bits per heavy atom. The van der Waals surface area contributed by atoms with Crippen LogP contribution in [0, 0.1) is 0 Å². The molecule has 0 aliphatic carbocycles. The normalized spacial score (nSPS) is 17.3. The van der Waals surface area contributed by atoms with E-state index in [-0.39, 0.29) is 23.6 Å². The number of anilines is 2. The molecule has 4 aromatic rings. The zero-order valence-electron chi connectivity index (χ0n) is 19.0. The molecular formula is C28H25N3O3. The molecule has 0 saturated heterocycles. The first kappa shape index (κ1) is 21.6. The van der Waals surface area contributed by atoms with Crippen LogP contribution in [0.4, 0.5) is 11.4 Å². The molecule has 2 N–H and O–H groups in total. The third-order valence-corrected chi connectivity index (χ3v) is 6.43. The topological polar surface area (TPSA) is 82.5 Å². The molecule has 0 spiro atoms. The summed E-state index contributed by atoms with van der Waals surface area (Å²) in [4.78, 5) is 30.0. The highest BCUT2D eigenvalue weighted by molar-refractivity contribution is 5.94. The monoisotopic (exact) mass is 451 g/mol. The van der Waals surface area contributed by atoms with Crippen LogP contribution in [0.3, 0.4) is 0 Å². The highest BCUT2D eigenvalue weighted by Crippen LogP contribution is 2.41. The van der Waals surface area contributed by atoms with Crippen molar-refractivity contribution in [2.45, 2.75) is 32.4 Å². The fourth-order valence-electron chi connectivity index (χ4n) is 4.83. The van der Waals surface area contributed by atoms with E-state index < -0.39 is 5.97 Å². The lowest BCUT2D eigenvalue weighted by Gasteiger charge is -2.39. The van der Waals surface area contributed by atoms with E-state index in [4.69, 9.17) is 0 Å². The summed E-state index contributed by atoms with van der Waals surface area (Å²) >= 11 is 0. The molecule has 0 radical (unpaired) electrons. The van der Waals surface area contributed by atoms with Gasteiger partial charge in [-0.3, -0.25) is 9.78 Å². The molecule has 0 fully saturated rings. The fourth-order valence-corrected chi connectivity index (χ4v) is 4.83. The highest BCUT2D eigenvalue weighted by atomic mass is 16.4. The van der Waals surface area contributed by atoms with Gasteiger partial charge in [0.05, 0.1) is 17.1 Å². The first-order valence-corrected chi connectivity index (χ1v) is 11.3. The van der Waals surface area contributed by atoms with Crippen molar-refractivity contribution >= 4 is 34.2 Å². The fraction of sp³-hybridized carbons (Fsp3) is 0.179. The number of carbonyl (C=O) groups excluding carboxylic acids is 1. The maximum Gasteiger partial charge on any atom is 0.335 e. The molecule has 0 saturated carbocycles. The molecule has 170 valence electrons. The van der Waals surface area contributed by atoms with E-state index >= 15 is 0 Å². The molecule has 1 aliphatic heterocycles. The Hall–Kier alpha value is -4.19. The number of nitrogens with one attached hydrogen (secondary N) is 1. The van der Waals surface area contributed by atoms with Gasteiger partial charge < -0.3 is 15.3 Å². The van der Waals surface area contributed by atoms with Crippen LogP contribution in [-0.4, -0.2) is 28.0 Å². The first-order chi connectivity index (χ1) is 16.4. The predicted octanol–water partition coefficient (Wildman–Crippen LogP) is 5.90. The summed E-state index contributed by atoms with van der Waals surface area (Å²) in [6.07, 6.45) is 2.55. The Bertz CT molecular complexity index is 1400. The lowest BCUT2D eigenvalue weighted by atomic mass is 9.88. The maximum atomic E-state index is 12.5. The number of hydrogen-bond donors (Lipinski definition) is 2. The van der Waals surface area contributed by atoms with E-state index in [0.29, 0.717) is 0 Å². The maximum absolute atomic E-state index is 12.5. The van der Waals surface area contributed by atoms with Crippen LogP contribution < -0.4 is 10.2 Å². The number of benzene rings is 3. The smallest absolute Gasteiger partial charge is 0.335 e. The summed E-state index contributed by atoms with van der Waals surface area (Å²) in [5.41, 5.74) is 6.04. The van der Waals surface area contributed by atoms with E-state index in [1.165, 1.54) is 0 Å². The SMILES string of the molecule is CC(=O)N1c2ccc(-c3ccc(C(=O)O)cc3)cc2[C@H](Nc2ccc3ncccc3c2)C[C@@H]1C. The zero-order chi connectivity index (χ0) is 23.8. The minimum atomic E-state index is -0.946. The van der Waals surface area contributed by atoms with Gasteiger partial charge in [-0.25, -0.2) is 4.79 Å². The predicted molar refractivity (Wildman–Crippen MR) is 134 cm³/mol. The van der Waals surface area contributed by atoms with Gasteiger partial charge in [0, 0.05) is 35.9 Å². The van der Waals surface area contributed by atoms with Gasteiger partial charge in [0.15, 0.2) is 0 Å². The van der Waals surface area contributed by atoms with E-state index in [0.717, 1.165) is 45.4 Å². The van der Waals surface area contributed by atoms with Crippen molar-refractivity contribution in [1.29, 1.82) is 0 Å². The molecule has 6 heteroatoms. The minimum absolute atomic E-state index is 0.00737. The quantitative estimate of drug-likeness (QED) is 0.404. The standard InChI is InChI=1S/C28H25N3O3/c1-17-14-26(30-23-10-11-25-22(15-23)4-3-13-29-25)24-16-21(9-12-27(24)31(17)18(2)32)19-5-7-20(8-6-19)28(33)34/h3-13,15-17,26,30H,14H2,1-2H3,(H,33,34)/t17-,26+/m0/s1. The summed E-state index contributed by atoms with van der Waals surface area (Å²) < 4.78 is 0. The molecule has 6 nitrogen and oxygen atoms in total. The number of aromatic carboxylic acids is 1. The number of rotatable bonds is 4. The summed E-state index contributed by atoms with van der Waals surface area (Å²) in [5, 5.41) is 13.9. The van der Waals surface area contributed by atoms with Crippen LogP contribution in [-0.2, 0) is 4.79 Å². The minimum Gasteiger partial charge on any atom is -0.478 e. The van der Waals surface area contributed by atoms with Crippen LogP contribution >= 0.6 is 0 Å². The number of carboxylic acid groups (broad SMARTS) is 1. The van der Waals surface area contributed by atoms with Gasteiger partial charge in [-0.05, 0) is 78.6 Å². The summed E-state index contributed by atoms with van der Waals surface area (Å²) in [7, 11) is 0. The Kier molecular flexibility index (Phi) is 5.49. The molecule has 0 bridgehead atoms. The lowest BCUT2D eigenvalue weighted by molar-refractivity contribution is -0.117. The molecule has 0 unspecified atom stereocenters. The summed E-state index contributed by atoms with van der Waals surface area (Å²) in [6.45, 7) is 3.67. The van der Waals surface area contributed by atoms with Crippen molar-refractivity contribution in [3.05, 3.63) is 90.1 Å². The molecule has 34 heavy (non-hydrogen) atoms. The molecule has 3 aromatic carbocycles. The average molecular weight is 452 g/mol. The Morgan fingerprint density at radius 3 is 2.50 bits per heavy atom. The Morgan fingerprint density at radius 2 is 1.76 bits per heavy atom.